The van der Waals surface area contributed by atoms with E-state index in [1.807, 2.05) is 31.3 Å². The smallest absolute Gasteiger partial charge is 0.250 e. The Bertz CT molecular complexity index is 1250. The van der Waals surface area contributed by atoms with Gasteiger partial charge < -0.3 is 16.0 Å². The number of benzene rings is 2. The van der Waals surface area contributed by atoms with Crippen LogP contribution in [0, 0.1) is 0 Å². The van der Waals surface area contributed by atoms with Gasteiger partial charge in [0.05, 0.1) is 11.1 Å². The van der Waals surface area contributed by atoms with Crippen molar-refractivity contribution in [3.63, 3.8) is 0 Å². The number of hydrogen-bond donors (Lipinski definition) is 3. The maximum absolute atomic E-state index is 11.8. The van der Waals surface area contributed by atoms with Gasteiger partial charge in [0.25, 0.3) is 5.91 Å². The highest BCUT2D eigenvalue weighted by Crippen LogP contribution is 2.34. The number of primary amides is 1. The summed E-state index contributed by atoms with van der Waals surface area (Å²) < 4.78 is 0. The summed E-state index contributed by atoms with van der Waals surface area (Å²) in [5.41, 5.74) is 9.37. The fraction of sp³-hybridized carbons (Fsp3) is 0.182. The van der Waals surface area contributed by atoms with Crippen molar-refractivity contribution in [1.82, 2.24) is 20.2 Å². The molecule has 0 unspecified atom stereocenters. The van der Waals surface area contributed by atoms with E-state index in [0.717, 1.165) is 35.6 Å². The van der Waals surface area contributed by atoms with E-state index in [4.69, 9.17) is 15.7 Å². The number of aromatic nitrogens is 4. The largest absolute Gasteiger partial charge is 0.366 e. The maximum Gasteiger partial charge on any atom is 0.250 e. The predicted molar refractivity (Wildman–Crippen MR) is 116 cm³/mol. The fourth-order valence-corrected chi connectivity index (χ4v) is 3.86. The molecule has 4 N–H and O–H groups in total. The molecule has 1 aliphatic heterocycles. The van der Waals surface area contributed by atoms with E-state index in [-0.39, 0.29) is 0 Å². The van der Waals surface area contributed by atoms with Crippen molar-refractivity contribution < 1.29 is 4.79 Å². The normalized spacial score (nSPS) is 12.9. The Balaban J connectivity index is 1.60. The molecule has 30 heavy (non-hydrogen) atoms. The van der Waals surface area contributed by atoms with Crippen molar-refractivity contribution in [2.75, 3.05) is 23.8 Å². The first-order valence-corrected chi connectivity index (χ1v) is 9.79. The van der Waals surface area contributed by atoms with Crippen LogP contribution in [-0.2, 0) is 13.0 Å². The number of likely N-dealkylation sites (N-methyl/N-ethyl adjacent to an activating group) is 1. The Labute approximate surface area is 173 Å². The summed E-state index contributed by atoms with van der Waals surface area (Å²) >= 11 is 0. The van der Waals surface area contributed by atoms with Crippen molar-refractivity contribution in [3.05, 3.63) is 65.2 Å². The van der Waals surface area contributed by atoms with Crippen molar-refractivity contribution in [3.8, 4) is 11.5 Å². The molecule has 0 atom stereocenters. The molecule has 1 aliphatic rings. The van der Waals surface area contributed by atoms with Gasteiger partial charge in [0.15, 0.2) is 5.82 Å². The van der Waals surface area contributed by atoms with Crippen molar-refractivity contribution in [2.24, 2.45) is 5.73 Å². The van der Waals surface area contributed by atoms with Crippen LogP contribution in [0.5, 0.6) is 0 Å². The number of carbonyl (C=O) groups excluding carboxylic acids is 1. The molecular formula is C22H21N7O. The lowest BCUT2D eigenvalue weighted by atomic mass is 10.1. The Morgan fingerprint density at radius 1 is 1.17 bits per heavy atom. The third-order valence-corrected chi connectivity index (χ3v) is 5.42. The molecule has 0 bridgehead atoms. The highest BCUT2D eigenvalue weighted by molar-refractivity contribution is 6.07. The van der Waals surface area contributed by atoms with Crippen molar-refractivity contribution in [1.29, 1.82) is 0 Å². The van der Waals surface area contributed by atoms with Crippen molar-refractivity contribution >= 4 is 28.4 Å². The number of para-hydroxylation sites is 1. The van der Waals surface area contributed by atoms with Crippen LogP contribution in [0.15, 0.2) is 48.5 Å². The van der Waals surface area contributed by atoms with Crippen LogP contribution in [0.25, 0.3) is 22.4 Å². The van der Waals surface area contributed by atoms with Crippen molar-refractivity contribution in [2.45, 2.75) is 13.0 Å². The molecule has 5 rings (SSSR count). The van der Waals surface area contributed by atoms with Crippen LogP contribution in [0.1, 0.15) is 21.5 Å². The summed E-state index contributed by atoms with van der Waals surface area (Å²) in [5, 5.41) is 11.6. The number of rotatable bonds is 5. The molecule has 0 fully saturated rings. The van der Waals surface area contributed by atoms with E-state index in [1.165, 1.54) is 5.56 Å². The lowest BCUT2D eigenvalue weighted by Gasteiger charge is -2.14. The highest BCUT2D eigenvalue weighted by Gasteiger charge is 2.25. The zero-order valence-electron chi connectivity index (χ0n) is 16.5. The summed E-state index contributed by atoms with van der Waals surface area (Å²) in [6.45, 7) is 1.56. The molecule has 4 aromatic rings. The summed E-state index contributed by atoms with van der Waals surface area (Å²) in [7, 11) is 2.03. The molecule has 2 aromatic heterocycles. The molecule has 1 amide bonds. The average molecular weight is 399 g/mol. The third-order valence-electron chi connectivity index (χ3n) is 5.42. The van der Waals surface area contributed by atoms with E-state index in [0.29, 0.717) is 29.1 Å². The number of nitrogens with zero attached hydrogens (tertiary/aromatic N) is 4. The van der Waals surface area contributed by atoms with Crippen LogP contribution in [0.3, 0.4) is 0 Å². The van der Waals surface area contributed by atoms with Gasteiger partial charge in [-0.05, 0) is 18.1 Å². The molecule has 2 aromatic carbocycles. The molecule has 8 nitrogen and oxygen atoms in total. The Hall–Kier alpha value is -3.94. The summed E-state index contributed by atoms with van der Waals surface area (Å²) in [6, 6.07) is 15.5. The van der Waals surface area contributed by atoms with Gasteiger partial charge in [-0.2, -0.15) is 5.10 Å². The second-order valence-corrected chi connectivity index (χ2v) is 7.37. The summed E-state index contributed by atoms with van der Waals surface area (Å²) in [4.78, 5) is 23.5. The first-order chi connectivity index (χ1) is 14.6. The van der Waals surface area contributed by atoms with Crippen LogP contribution in [-0.4, -0.2) is 39.7 Å². The minimum absolute atomic E-state index is 0.395. The number of anilines is 2. The number of amides is 1. The number of carbonyl (C=O) groups is 1. The molecule has 0 saturated heterocycles. The second-order valence-electron chi connectivity index (χ2n) is 7.37. The molecule has 150 valence electrons. The van der Waals surface area contributed by atoms with Crippen LogP contribution >= 0.6 is 0 Å². The molecule has 0 spiro atoms. The van der Waals surface area contributed by atoms with Gasteiger partial charge in [-0.1, -0.05) is 42.5 Å². The second kappa shape index (κ2) is 7.14. The van der Waals surface area contributed by atoms with E-state index in [1.54, 1.807) is 12.1 Å². The number of aromatic amines is 1. The molecule has 0 saturated carbocycles. The van der Waals surface area contributed by atoms with Gasteiger partial charge in [0.1, 0.15) is 17.3 Å². The Kier molecular flexibility index (Phi) is 4.31. The molecule has 0 aliphatic carbocycles. The standard InChI is InChI=1S/C22H21N7O/c1-29-11-10-16-20(24-12-13-6-3-2-4-7-13)25-21(26-22(16)29)18-14-8-5-9-15(19(23)30)17(14)27-28-18/h2-9H,10-12H2,1H3,(H2,23,30)(H,27,28)(H,24,25,26). The van der Waals surface area contributed by atoms with Crippen LogP contribution in [0.2, 0.25) is 0 Å². The summed E-state index contributed by atoms with van der Waals surface area (Å²) in [6.07, 6.45) is 0.885. The summed E-state index contributed by atoms with van der Waals surface area (Å²) in [5.74, 6) is 1.71. The molecule has 8 heteroatoms. The number of hydrogen-bond acceptors (Lipinski definition) is 6. The Morgan fingerprint density at radius 3 is 2.80 bits per heavy atom. The number of nitrogens with one attached hydrogen (secondary N) is 2. The van der Waals surface area contributed by atoms with Crippen LogP contribution < -0.4 is 16.0 Å². The SMILES string of the molecule is CN1CCc2c(NCc3ccccc3)nc(-c3n[nH]c4c(C(N)=O)cccc34)nc21. The first kappa shape index (κ1) is 18.1. The van der Waals surface area contributed by atoms with Gasteiger partial charge in [0, 0.05) is 31.1 Å². The quantitative estimate of drug-likeness (QED) is 0.476. The van der Waals surface area contributed by atoms with E-state index < -0.39 is 5.91 Å². The van der Waals surface area contributed by atoms with E-state index >= 15 is 0 Å². The van der Waals surface area contributed by atoms with Gasteiger partial charge in [-0.25, -0.2) is 9.97 Å². The van der Waals surface area contributed by atoms with E-state index in [9.17, 15) is 4.79 Å². The van der Waals surface area contributed by atoms with Gasteiger partial charge in [-0.3, -0.25) is 9.89 Å². The maximum atomic E-state index is 11.8. The topological polar surface area (TPSA) is 113 Å². The lowest BCUT2D eigenvalue weighted by Crippen LogP contribution is -2.14. The molecular weight excluding hydrogens is 378 g/mol. The minimum Gasteiger partial charge on any atom is -0.366 e. The number of fused-ring (bicyclic) bond motifs is 2. The fourth-order valence-electron chi connectivity index (χ4n) is 3.86. The third kappa shape index (κ3) is 3.02. The Morgan fingerprint density at radius 2 is 2.00 bits per heavy atom. The zero-order valence-corrected chi connectivity index (χ0v) is 16.5. The van der Waals surface area contributed by atoms with Gasteiger partial charge in [-0.15, -0.1) is 0 Å². The number of H-pyrrole nitrogens is 1. The number of nitrogens with two attached hydrogens (primary N) is 1. The predicted octanol–water partition coefficient (Wildman–Crippen LogP) is 2.72. The van der Waals surface area contributed by atoms with Gasteiger partial charge in [0.2, 0.25) is 0 Å². The lowest BCUT2D eigenvalue weighted by molar-refractivity contribution is 0.100. The van der Waals surface area contributed by atoms with E-state index in [2.05, 4.69) is 32.5 Å². The van der Waals surface area contributed by atoms with Gasteiger partial charge >= 0.3 is 0 Å². The first-order valence-electron chi connectivity index (χ1n) is 9.79. The van der Waals surface area contributed by atoms with Crippen LogP contribution in [0.4, 0.5) is 11.6 Å². The molecule has 3 heterocycles. The monoisotopic (exact) mass is 399 g/mol. The highest BCUT2D eigenvalue weighted by atomic mass is 16.1. The molecule has 0 radical (unpaired) electrons. The minimum atomic E-state index is -0.504. The zero-order chi connectivity index (χ0) is 20.7. The average Bonchev–Trinajstić information content (AvgIpc) is 3.36.